The molecule has 116 valence electrons. The molecule has 0 saturated heterocycles. The van der Waals surface area contributed by atoms with Crippen molar-refractivity contribution in [1.82, 2.24) is 4.31 Å². The summed E-state index contributed by atoms with van der Waals surface area (Å²) in [5.74, 6) is -1.04. The van der Waals surface area contributed by atoms with Crippen LogP contribution in [0.3, 0.4) is 0 Å². The Morgan fingerprint density at radius 1 is 1.33 bits per heavy atom. The molecule has 6 heteroatoms. The second kappa shape index (κ2) is 7.38. The van der Waals surface area contributed by atoms with Gasteiger partial charge in [0, 0.05) is 19.2 Å². The molecular weight excluding hydrogens is 290 g/mol. The van der Waals surface area contributed by atoms with Crippen molar-refractivity contribution in [1.29, 1.82) is 0 Å². The minimum absolute atomic E-state index is 0.239. The minimum Gasteiger partial charge on any atom is -0.478 e. The Balaban J connectivity index is 3.16. The van der Waals surface area contributed by atoms with E-state index in [1.54, 1.807) is 19.1 Å². The van der Waals surface area contributed by atoms with E-state index in [9.17, 15) is 13.2 Å². The first kappa shape index (κ1) is 17.4. The van der Waals surface area contributed by atoms with Crippen molar-refractivity contribution >= 4 is 22.1 Å². The molecule has 0 amide bonds. The van der Waals surface area contributed by atoms with Crippen LogP contribution in [0.2, 0.25) is 0 Å². The average Bonchev–Trinajstić information content (AvgIpc) is 2.42. The Kier molecular flexibility index (Phi) is 6.11. The normalized spacial score (nSPS) is 12.2. The van der Waals surface area contributed by atoms with Gasteiger partial charge in [0.15, 0.2) is 0 Å². The molecule has 0 atom stereocenters. The highest BCUT2D eigenvalue weighted by molar-refractivity contribution is 7.89. The molecule has 5 nitrogen and oxygen atoms in total. The molecule has 0 bridgehead atoms. The van der Waals surface area contributed by atoms with Crippen LogP contribution in [0, 0.1) is 6.92 Å². The number of hydrogen-bond acceptors (Lipinski definition) is 3. The SMILES string of the molecule is CCCN(CC)S(=O)(=O)c1ccc(C=CC(=O)O)c(C)c1. The summed E-state index contributed by atoms with van der Waals surface area (Å²) in [4.78, 5) is 10.8. The number of carbonyl (C=O) groups is 1. The highest BCUT2D eigenvalue weighted by Gasteiger charge is 2.22. The first-order valence-electron chi connectivity index (χ1n) is 6.84. The van der Waals surface area contributed by atoms with Crippen LogP contribution < -0.4 is 0 Å². The highest BCUT2D eigenvalue weighted by atomic mass is 32.2. The lowest BCUT2D eigenvalue weighted by Gasteiger charge is -2.20. The van der Waals surface area contributed by atoms with Crippen LogP contribution in [0.25, 0.3) is 6.08 Å². The number of sulfonamides is 1. The first-order valence-corrected chi connectivity index (χ1v) is 8.28. The minimum atomic E-state index is -3.49. The van der Waals surface area contributed by atoms with Crippen LogP contribution in [-0.4, -0.2) is 36.9 Å². The largest absolute Gasteiger partial charge is 0.478 e. The molecule has 1 N–H and O–H groups in total. The summed E-state index contributed by atoms with van der Waals surface area (Å²) >= 11 is 0. The number of aliphatic carboxylic acids is 1. The zero-order chi connectivity index (χ0) is 16.0. The second-order valence-electron chi connectivity index (χ2n) is 4.69. The molecule has 0 aliphatic rings. The molecular formula is C15H21NO4S. The van der Waals surface area contributed by atoms with Gasteiger partial charge in [0.25, 0.3) is 0 Å². The fourth-order valence-corrected chi connectivity index (χ4v) is 3.63. The molecule has 0 spiro atoms. The zero-order valence-corrected chi connectivity index (χ0v) is 13.4. The van der Waals surface area contributed by atoms with Crippen LogP contribution in [0.1, 0.15) is 31.4 Å². The Morgan fingerprint density at radius 2 is 2.00 bits per heavy atom. The lowest BCUT2D eigenvalue weighted by atomic mass is 10.1. The topological polar surface area (TPSA) is 74.7 Å². The summed E-state index contributed by atoms with van der Waals surface area (Å²) in [7, 11) is -3.49. The molecule has 0 fully saturated rings. The summed E-state index contributed by atoms with van der Waals surface area (Å²) in [6.45, 7) is 6.42. The summed E-state index contributed by atoms with van der Waals surface area (Å²) in [5.41, 5.74) is 1.41. The predicted octanol–water partition coefficient (Wildman–Crippen LogP) is 2.51. The molecule has 0 aromatic heterocycles. The second-order valence-corrected chi connectivity index (χ2v) is 6.62. The fourth-order valence-electron chi connectivity index (χ4n) is 2.00. The maximum atomic E-state index is 12.5. The molecule has 0 radical (unpaired) electrons. The third-order valence-corrected chi connectivity index (χ3v) is 5.08. The summed E-state index contributed by atoms with van der Waals surface area (Å²) in [6.07, 6.45) is 3.25. The van der Waals surface area contributed by atoms with E-state index in [0.29, 0.717) is 18.7 Å². The fraction of sp³-hybridized carbons (Fsp3) is 0.400. The number of rotatable bonds is 7. The van der Waals surface area contributed by atoms with Gasteiger partial charge in [-0.15, -0.1) is 0 Å². The van der Waals surface area contributed by atoms with Gasteiger partial charge in [0.05, 0.1) is 4.90 Å². The van der Waals surface area contributed by atoms with Crippen LogP contribution >= 0.6 is 0 Å². The molecule has 1 aromatic rings. The molecule has 21 heavy (non-hydrogen) atoms. The van der Waals surface area contributed by atoms with Gasteiger partial charge in [0.1, 0.15) is 0 Å². The van der Waals surface area contributed by atoms with Crippen LogP contribution in [0.15, 0.2) is 29.2 Å². The van der Waals surface area contributed by atoms with Gasteiger partial charge in [-0.3, -0.25) is 0 Å². The molecule has 0 aliphatic heterocycles. The molecule has 0 heterocycles. The Bertz CT molecular complexity index is 635. The van der Waals surface area contributed by atoms with Crippen molar-refractivity contribution in [3.05, 3.63) is 35.4 Å². The van der Waals surface area contributed by atoms with Gasteiger partial charge in [-0.1, -0.05) is 19.9 Å². The summed E-state index contributed by atoms with van der Waals surface area (Å²) in [5, 5.41) is 8.62. The van der Waals surface area contributed by atoms with E-state index in [-0.39, 0.29) is 4.90 Å². The van der Waals surface area contributed by atoms with Gasteiger partial charge in [-0.05, 0) is 42.7 Å². The van der Waals surface area contributed by atoms with Gasteiger partial charge < -0.3 is 5.11 Å². The maximum Gasteiger partial charge on any atom is 0.328 e. The van der Waals surface area contributed by atoms with Gasteiger partial charge in [-0.25, -0.2) is 13.2 Å². The lowest BCUT2D eigenvalue weighted by molar-refractivity contribution is -0.131. The summed E-state index contributed by atoms with van der Waals surface area (Å²) < 4.78 is 26.4. The monoisotopic (exact) mass is 311 g/mol. The van der Waals surface area contributed by atoms with E-state index >= 15 is 0 Å². The van der Waals surface area contributed by atoms with Gasteiger partial charge >= 0.3 is 5.97 Å². The number of nitrogens with zero attached hydrogens (tertiary/aromatic N) is 1. The standard InChI is InChI=1S/C15H21NO4S/c1-4-10-16(5-2)21(19,20)14-8-6-13(12(3)11-14)7-9-15(17)18/h6-9,11H,4-5,10H2,1-3H3,(H,17,18). The van der Waals surface area contributed by atoms with Crippen molar-refractivity contribution in [2.24, 2.45) is 0 Å². The van der Waals surface area contributed by atoms with E-state index in [0.717, 1.165) is 18.1 Å². The smallest absolute Gasteiger partial charge is 0.328 e. The van der Waals surface area contributed by atoms with Crippen LogP contribution in [0.5, 0.6) is 0 Å². The molecule has 0 saturated carbocycles. The van der Waals surface area contributed by atoms with Gasteiger partial charge in [0.2, 0.25) is 10.0 Å². The van der Waals surface area contributed by atoms with Crippen LogP contribution in [-0.2, 0) is 14.8 Å². The predicted molar refractivity (Wildman–Crippen MR) is 82.6 cm³/mol. The number of carboxylic acid groups (broad SMARTS) is 1. The number of benzene rings is 1. The molecule has 0 aliphatic carbocycles. The number of carboxylic acids is 1. The third-order valence-electron chi connectivity index (χ3n) is 3.11. The molecule has 1 aromatic carbocycles. The van der Waals surface area contributed by atoms with Crippen molar-refractivity contribution in [2.45, 2.75) is 32.1 Å². The Hall–Kier alpha value is -1.66. The molecule has 1 rings (SSSR count). The van der Waals surface area contributed by atoms with E-state index in [4.69, 9.17) is 5.11 Å². The van der Waals surface area contributed by atoms with Crippen molar-refractivity contribution in [2.75, 3.05) is 13.1 Å². The quantitative estimate of drug-likeness (QED) is 0.785. The maximum absolute atomic E-state index is 12.5. The third kappa shape index (κ3) is 4.41. The lowest BCUT2D eigenvalue weighted by Crippen LogP contribution is -2.31. The number of hydrogen-bond donors (Lipinski definition) is 1. The van der Waals surface area contributed by atoms with E-state index in [1.165, 1.54) is 16.4 Å². The van der Waals surface area contributed by atoms with E-state index in [1.807, 2.05) is 13.8 Å². The number of aryl methyl sites for hydroxylation is 1. The van der Waals surface area contributed by atoms with E-state index in [2.05, 4.69) is 0 Å². The van der Waals surface area contributed by atoms with Crippen molar-refractivity contribution in [3.8, 4) is 0 Å². The van der Waals surface area contributed by atoms with Crippen molar-refractivity contribution in [3.63, 3.8) is 0 Å². The molecule has 0 unspecified atom stereocenters. The highest BCUT2D eigenvalue weighted by Crippen LogP contribution is 2.20. The summed E-state index contributed by atoms with van der Waals surface area (Å²) in [6, 6.07) is 4.72. The Labute approximate surface area is 126 Å². The average molecular weight is 311 g/mol. The first-order chi connectivity index (χ1) is 9.82. The Morgan fingerprint density at radius 3 is 2.48 bits per heavy atom. The van der Waals surface area contributed by atoms with Crippen LogP contribution in [0.4, 0.5) is 0 Å². The van der Waals surface area contributed by atoms with E-state index < -0.39 is 16.0 Å². The van der Waals surface area contributed by atoms with Gasteiger partial charge in [-0.2, -0.15) is 4.31 Å². The zero-order valence-electron chi connectivity index (χ0n) is 12.5. The van der Waals surface area contributed by atoms with Crippen molar-refractivity contribution < 1.29 is 18.3 Å².